The molecule has 1 amide bonds. The van der Waals surface area contributed by atoms with Crippen LogP contribution in [0.3, 0.4) is 0 Å². The molecule has 0 atom stereocenters. The first-order valence-corrected chi connectivity index (χ1v) is 5.49. The summed E-state index contributed by atoms with van der Waals surface area (Å²) < 4.78 is 0. The van der Waals surface area contributed by atoms with E-state index < -0.39 is 17.4 Å². The second-order valence-electron chi connectivity index (χ2n) is 4.52. The lowest BCUT2D eigenvalue weighted by atomic mass is 10.0. The monoisotopic (exact) mass is 252 g/mol. The zero-order valence-electron chi connectivity index (χ0n) is 10.3. The highest BCUT2D eigenvalue weighted by Crippen LogP contribution is 2.11. The molecule has 1 rings (SSSR count). The van der Waals surface area contributed by atoms with Crippen LogP contribution in [-0.4, -0.2) is 39.2 Å². The van der Waals surface area contributed by atoms with Crippen molar-refractivity contribution in [2.45, 2.75) is 25.8 Å². The van der Waals surface area contributed by atoms with Crippen LogP contribution in [0.5, 0.6) is 0 Å². The smallest absolute Gasteiger partial charge is 0.338 e. The lowest BCUT2D eigenvalue weighted by Gasteiger charge is -2.25. The summed E-state index contributed by atoms with van der Waals surface area (Å²) >= 11 is 0. The molecule has 3 N–H and O–H groups in total. The van der Waals surface area contributed by atoms with E-state index >= 15 is 0 Å². The van der Waals surface area contributed by atoms with Crippen LogP contribution in [0.4, 0.5) is 0 Å². The number of nitrogens with zero attached hydrogens (tertiary/aromatic N) is 1. The Morgan fingerprint density at radius 3 is 2.67 bits per heavy atom. The summed E-state index contributed by atoms with van der Waals surface area (Å²) in [5.74, 6) is -1.76. The van der Waals surface area contributed by atoms with Crippen molar-refractivity contribution in [3.8, 4) is 0 Å². The number of hydrogen-bond donors (Lipinski definition) is 3. The molecule has 98 valence electrons. The SMILES string of the molecule is CC(C)(CCO)NC(=O)c1ncccc1C(=O)O. The van der Waals surface area contributed by atoms with E-state index in [1.807, 2.05) is 0 Å². The van der Waals surface area contributed by atoms with Crippen LogP contribution in [0.15, 0.2) is 18.3 Å². The fourth-order valence-corrected chi connectivity index (χ4v) is 1.47. The number of carbonyl (C=O) groups is 2. The van der Waals surface area contributed by atoms with E-state index in [-0.39, 0.29) is 17.9 Å². The largest absolute Gasteiger partial charge is 0.478 e. The summed E-state index contributed by atoms with van der Waals surface area (Å²) in [6, 6.07) is 2.78. The van der Waals surface area contributed by atoms with Gasteiger partial charge in [-0.1, -0.05) is 0 Å². The molecule has 1 aromatic heterocycles. The summed E-state index contributed by atoms with van der Waals surface area (Å²) in [6.07, 6.45) is 1.73. The van der Waals surface area contributed by atoms with E-state index in [1.165, 1.54) is 18.3 Å². The van der Waals surface area contributed by atoms with Crippen molar-refractivity contribution >= 4 is 11.9 Å². The molecule has 0 unspecified atom stereocenters. The highest BCUT2D eigenvalue weighted by atomic mass is 16.4. The van der Waals surface area contributed by atoms with Gasteiger partial charge < -0.3 is 15.5 Å². The fourth-order valence-electron chi connectivity index (χ4n) is 1.47. The van der Waals surface area contributed by atoms with Crippen LogP contribution in [0.25, 0.3) is 0 Å². The number of nitrogens with one attached hydrogen (secondary N) is 1. The molecule has 1 heterocycles. The van der Waals surface area contributed by atoms with Gasteiger partial charge in [-0.25, -0.2) is 4.79 Å². The van der Waals surface area contributed by atoms with Gasteiger partial charge in [-0.05, 0) is 32.4 Å². The summed E-state index contributed by atoms with van der Waals surface area (Å²) in [4.78, 5) is 26.7. The quantitative estimate of drug-likeness (QED) is 0.715. The average molecular weight is 252 g/mol. The van der Waals surface area contributed by atoms with E-state index in [4.69, 9.17) is 10.2 Å². The zero-order valence-corrected chi connectivity index (χ0v) is 10.3. The van der Waals surface area contributed by atoms with Gasteiger partial charge in [-0.2, -0.15) is 0 Å². The van der Waals surface area contributed by atoms with Crippen LogP contribution < -0.4 is 5.32 Å². The molecule has 0 bridgehead atoms. The molecule has 1 aromatic rings. The molecule has 0 aromatic carbocycles. The molecule has 0 aliphatic heterocycles. The van der Waals surface area contributed by atoms with Crippen molar-refractivity contribution in [1.82, 2.24) is 10.3 Å². The highest BCUT2D eigenvalue weighted by molar-refractivity contribution is 6.03. The molecule has 6 nitrogen and oxygen atoms in total. The van der Waals surface area contributed by atoms with Gasteiger partial charge in [0.15, 0.2) is 0 Å². The normalized spacial score (nSPS) is 11.1. The van der Waals surface area contributed by atoms with E-state index in [9.17, 15) is 9.59 Å². The minimum Gasteiger partial charge on any atom is -0.478 e. The number of carboxylic acid groups (broad SMARTS) is 1. The number of aliphatic hydroxyl groups excluding tert-OH is 1. The maximum absolute atomic E-state index is 11.9. The van der Waals surface area contributed by atoms with Crippen molar-refractivity contribution in [2.75, 3.05) is 6.61 Å². The topological polar surface area (TPSA) is 99.5 Å². The Balaban J connectivity index is 2.95. The Bertz CT molecular complexity index is 457. The Morgan fingerprint density at radius 2 is 2.11 bits per heavy atom. The zero-order chi connectivity index (χ0) is 13.8. The number of amides is 1. The summed E-state index contributed by atoms with van der Waals surface area (Å²) in [5.41, 5.74) is -0.898. The number of hydrogen-bond acceptors (Lipinski definition) is 4. The maximum atomic E-state index is 11.9. The van der Waals surface area contributed by atoms with Crippen molar-refractivity contribution in [3.63, 3.8) is 0 Å². The molecule has 0 radical (unpaired) electrons. The fraction of sp³-hybridized carbons (Fsp3) is 0.417. The van der Waals surface area contributed by atoms with Gasteiger partial charge in [-0.15, -0.1) is 0 Å². The van der Waals surface area contributed by atoms with Gasteiger partial charge in [0, 0.05) is 18.3 Å². The average Bonchev–Trinajstić information content (AvgIpc) is 2.28. The van der Waals surface area contributed by atoms with Gasteiger partial charge >= 0.3 is 5.97 Å². The van der Waals surface area contributed by atoms with Crippen molar-refractivity contribution in [2.24, 2.45) is 0 Å². The van der Waals surface area contributed by atoms with Gasteiger partial charge in [0.05, 0.1) is 5.56 Å². The van der Waals surface area contributed by atoms with Gasteiger partial charge in [0.25, 0.3) is 5.91 Å². The third-order valence-corrected chi connectivity index (χ3v) is 2.44. The van der Waals surface area contributed by atoms with Crippen LogP contribution in [0.2, 0.25) is 0 Å². The predicted octanol–water partition coefficient (Wildman–Crippen LogP) is 0.671. The second-order valence-corrected chi connectivity index (χ2v) is 4.52. The minimum absolute atomic E-state index is 0.0682. The second kappa shape index (κ2) is 5.59. The van der Waals surface area contributed by atoms with Crippen LogP contribution in [0, 0.1) is 0 Å². The van der Waals surface area contributed by atoms with Crippen molar-refractivity contribution < 1.29 is 19.8 Å². The molecule has 0 fully saturated rings. The van der Waals surface area contributed by atoms with E-state index in [2.05, 4.69) is 10.3 Å². The number of rotatable bonds is 5. The molecular weight excluding hydrogens is 236 g/mol. The number of carbonyl (C=O) groups excluding carboxylic acids is 1. The molecule has 0 spiro atoms. The van der Waals surface area contributed by atoms with Gasteiger partial charge in [-0.3, -0.25) is 9.78 Å². The van der Waals surface area contributed by atoms with Crippen LogP contribution in [-0.2, 0) is 0 Å². The molecule has 0 saturated heterocycles. The van der Waals surface area contributed by atoms with E-state index in [0.717, 1.165) is 0 Å². The van der Waals surface area contributed by atoms with Crippen molar-refractivity contribution in [3.05, 3.63) is 29.6 Å². The van der Waals surface area contributed by atoms with Gasteiger partial charge in [0.2, 0.25) is 0 Å². The number of carboxylic acids is 1. The Kier molecular flexibility index (Phi) is 4.38. The number of aliphatic hydroxyl groups is 1. The van der Waals surface area contributed by atoms with Crippen LogP contribution in [0.1, 0.15) is 41.1 Å². The number of aromatic carboxylic acids is 1. The third kappa shape index (κ3) is 3.53. The van der Waals surface area contributed by atoms with E-state index in [1.54, 1.807) is 13.8 Å². The van der Waals surface area contributed by atoms with Crippen molar-refractivity contribution in [1.29, 1.82) is 0 Å². The third-order valence-electron chi connectivity index (χ3n) is 2.44. The summed E-state index contributed by atoms with van der Waals surface area (Å²) in [5, 5.41) is 20.5. The Labute approximate surface area is 105 Å². The first kappa shape index (κ1) is 14.1. The summed E-state index contributed by atoms with van der Waals surface area (Å²) in [7, 11) is 0. The minimum atomic E-state index is -1.20. The molecule has 0 aliphatic rings. The first-order valence-electron chi connectivity index (χ1n) is 5.49. The highest BCUT2D eigenvalue weighted by Gasteiger charge is 2.24. The lowest BCUT2D eigenvalue weighted by molar-refractivity contribution is 0.0687. The predicted molar refractivity (Wildman–Crippen MR) is 64.4 cm³/mol. The van der Waals surface area contributed by atoms with Crippen LogP contribution >= 0.6 is 0 Å². The Morgan fingerprint density at radius 1 is 1.44 bits per heavy atom. The molecule has 0 saturated carbocycles. The van der Waals surface area contributed by atoms with Gasteiger partial charge in [0.1, 0.15) is 5.69 Å². The molecular formula is C12H16N2O4. The lowest BCUT2D eigenvalue weighted by Crippen LogP contribution is -2.44. The number of aromatic nitrogens is 1. The van der Waals surface area contributed by atoms with E-state index in [0.29, 0.717) is 6.42 Å². The maximum Gasteiger partial charge on any atom is 0.338 e. The Hall–Kier alpha value is -1.95. The molecule has 6 heteroatoms. The standard InChI is InChI=1S/C12H16N2O4/c1-12(2,5-7-15)14-10(16)9-8(11(17)18)4-3-6-13-9/h3-4,6,15H,5,7H2,1-2H3,(H,14,16)(H,17,18). The molecule has 18 heavy (non-hydrogen) atoms. The number of pyridine rings is 1. The molecule has 0 aliphatic carbocycles. The first-order chi connectivity index (χ1) is 8.37. The summed E-state index contributed by atoms with van der Waals surface area (Å²) in [6.45, 7) is 3.41.